The minimum absolute atomic E-state index is 0.0588. The molecule has 4 N–H and O–H groups in total. The van der Waals surface area contributed by atoms with E-state index >= 15 is 0 Å². The monoisotopic (exact) mass is 402 g/mol. The Morgan fingerprint density at radius 3 is 2.71 bits per heavy atom. The summed E-state index contributed by atoms with van der Waals surface area (Å²) in [6, 6.07) is 3.89. The molecule has 6 nitrogen and oxygen atoms in total. The Balaban J connectivity index is 1.23. The van der Waals surface area contributed by atoms with E-state index in [9.17, 15) is 8.42 Å². The van der Waals surface area contributed by atoms with Gasteiger partial charge in [-0.1, -0.05) is 25.3 Å². The topological polar surface area (TPSA) is 104 Å². The minimum Gasteiger partial charge on any atom is -0.398 e. The van der Waals surface area contributed by atoms with E-state index in [1.807, 2.05) is 0 Å². The van der Waals surface area contributed by atoms with Crippen LogP contribution >= 0.6 is 0 Å². The molecule has 28 heavy (non-hydrogen) atoms. The molecule has 0 spiro atoms. The SMILES string of the molecule is Nc1c2c(cc3c1C(CCCCCCn1ccc(S(N)(=O)=O)n1)CC3)CCC2. The average Bonchev–Trinajstić information content (AvgIpc) is 3.37. The normalized spacial score (nSPS) is 18.4. The fourth-order valence-electron chi connectivity index (χ4n) is 4.95. The van der Waals surface area contributed by atoms with E-state index in [2.05, 4.69) is 11.2 Å². The number of anilines is 1. The number of aromatic nitrogens is 2. The first kappa shape index (κ1) is 19.5. The Kier molecular flexibility index (Phi) is 5.47. The molecule has 0 saturated carbocycles. The number of fused-ring (bicyclic) bond motifs is 2. The number of nitrogens with zero attached hydrogens (tertiary/aromatic N) is 2. The Labute approximate surface area is 167 Å². The lowest BCUT2D eigenvalue weighted by atomic mass is 9.90. The number of hydrogen-bond acceptors (Lipinski definition) is 4. The van der Waals surface area contributed by atoms with Gasteiger partial charge in [-0.25, -0.2) is 13.6 Å². The molecule has 0 bridgehead atoms. The number of benzene rings is 1. The minimum atomic E-state index is -3.70. The second-order valence-electron chi connectivity index (χ2n) is 8.25. The number of unbranched alkanes of at least 4 members (excludes halogenated alkanes) is 3. The zero-order chi connectivity index (χ0) is 19.7. The summed E-state index contributed by atoms with van der Waals surface area (Å²) in [4.78, 5) is 0. The van der Waals surface area contributed by atoms with Crippen LogP contribution in [0.5, 0.6) is 0 Å². The molecule has 4 rings (SSSR count). The van der Waals surface area contributed by atoms with Crippen LogP contribution in [-0.4, -0.2) is 18.2 Å². The Bertz CT molecular complexity index is 965. The van der Waals surface area contributed by atoms with Crippen molar-refractivity contribution in [1.29, 1.82) is 0 Å². The Hall–Kier alpha value is -1.86. The molecule has 0 amide bonds. The number of nitrogens with two attached hydrogens (primary N) is 2. The van der Waals surface area contributed by atoms with Gasteiger partial charge in [0.15, 0.2) is 5.03 Å². The maximum Gasteiger partial charge on any atom is 0.257 e. The molecule has 1 aromatic heterocycles. The maximum atomic E-state index is 11.3. The highest BCUT2D eigenvalue weighted by Gasteiger charge is 2.28. The van der Waals surface area contributed by atoms with Crippen molar-refractivity contribution >= 4 is 15.7 Å². The Morgan fingerprint density at radius 2 is 1.93 bits per heavy atom. The van der Waals surface area contributed by atoms with Crippen LogP contribution in [-0.2, 0) is 35.8 Å². The fraction of sp³-hybridized carbons (Fsp3) is 0.571. The predicted molar refractivity (Wildman–Crippen MR) is 111 cm³/mol. The summed E-state index contributed by atoms with van der Waals surface area (Å²) >= 11 is 0. The summed E-state index contributed by atoms with van der Waals surface area (Å²) in [6.07, 6.45) is 13.4. The summed E-state index contributed by atoms with van der Waals surface area (Å²) in [5.41, 5.74) is 13.6. The van der Waals surface area contributed by atoms with E-state index in [4.69, 9.17) is 10.9 Å². The lowest BCUT2D eigenvalue weighted by Crippen LogP contribution is -2.13. The van der Waals surface area contributed by atoms with E-state index in [0.29, 0.717) is 5.92 Å². The standard InChI is InChI=1S/C21H30N4O2S/c22-21-18-8-5-7-16(18)14-17-10-9-15(20(17)21)6-3-1-2-4-12-25-13-11-19(24-25)28(23,26)27/h11,13-15H,1-10,12,22H2,(H2,23,26,27). The number of rotatable bonds is 8. The number of nitrogen functional groups attached to an aromatic ring is 1. The lowest BCUT2D eigenvalue weighted by molar-refractivity contribution is 0.502. The molecule has 0 aliphatic heterocycles. The van der Waals surface area contributed by atoms with Gasteiger partial charge in [-0.3, -0.25) is 4.68 Å². The van der Waals surface area contributed by atoms with Crippen molar-refractivity contribution in [2.24, 2.45) is 5.14 Å². The van der Waals surface area contributed by atoms with Crippen molar-refractivity contribution in [3.8, 4) is 0 Å². The maximum absolute atomic E-state index is 11.3. The molecule has 2 aliphatic rings. The van der Waals surface area contributed by atoms with Crippen molar-refractivity contribution < 1.29 is 8.42 Å². The number of primary sulfonamides is 1. The summed E-state index contributed by atoms with van der Waals surface area (Å²) in [6.45, 7) is 0.723. The van der Waals surface area contributed by atoms with E-state index < -0.39 is 10.0 Å². The molecular weight excluding hydrogens is 372 g/mol. The Morgan fingerprint density at radius 1 is 1.11 bits per heavy atom. The van der Waals surface area contributed by atoms with Crippen molar-refractivity contribution in [3.05, 3.63) is 40.6 Å². The second kappa shape index (κ2) is 7.87. The second-order valence-corrected chi connectivity index (χ2v) is 9.76. The highest BCUT2D eigenvalue weighted by molar-refractivity contribution is 7.89. The molecule has 0 fully saturated rings. The number of sulfonamides is 1. The van der Waals surface area contributed by atoms with Crippen LogP contribution in [0, 0.1) is 0 Å². The summed E-state index contributed by atoms with van der Waals surface area (Å²) in [5.74, 6) is 0.629. The zero-order valence-electron chi connectivity index (χ0n) is 16.4. The summed E-state index contributed by atoms with van der Waals surface area (Å²) < 4.78 is 24.2. The number of hydrogen-bond donors (Lipinski definition) is 2. The average molecular weight is 403 g/mol. The van der Waals surface area contributed by atoms with Crippen molar-refractivity contribution in [2.45, 2.75) is 81.7 Å². The predicted octanol–water partition coefficient (Wildman–Crippen LogP) is 3.28. The molecule has 0 saturated heterocycles. The van der Waals surface area contributed by atoms with E-state index in [1.54, 1.807) is 10.9 Å². The quantitative estimate of drug-likeness (QED) is 0.522. The first-order chi connectivity index (χ1) is 13.4. The highest BCUT2D eigenvalue weighted by atomic mass is 32.2. The first-order valence-corrected chi connectivity index (χ1v) is 12.0. The van der Waals surface area contributed by atoms with E-state index in [0.717, 1.165) is 31.5 Å². The van der Waals surface area contributed by atoms with Gasteiger partial charge in [0.05, 0.1) is 0 Å². The van der Waals surface area contributed by atoms with Gasteiger partial charge in [-0.2, -0.15) is 5.10 Å². The van der Waals surface area contributed by atoms with E-state index in [1.165, 1.54) is 73.3 Å². The highest BCUT2D eigenvalue weighted by Crippen LogP contribution is 2.44. The third kappa shape index (κ3) is 3.96. The van der Waals surface area contributed by atoms with Gasteiger partial charge in [0.2, 0.25) is 0 Å². The van der Waals surface area contributed by atoms with Crippen LogP contribution in [0.4, 0.5) is 5.69 Å². The largest absolute Gasteiger partial charge is 0.398 e. The van der Waals surface area contributed by atoms with Crippen molar-refractivity contribution in [2.75, 3.05) is 5.73 Å². The van der Waals surface area contributed by atoms with Crippen LogP contribution < -0.4 is 10.9 Å². The molecular formula is C21H30N4O2S. The molecule has 1 unspecified atom stereocenters. The van der Waals surface area contributed by atoms with Crippen LogP contribution in [0.25, 0.3) is 0 Å². The summed E-state index contributed by atoms with van der Waals surface area (Å²) in [5, 5.41) is 9.04. The first-order valence-electron chi connectivity index (χ1n) is 10.4. The van der Waals surface area contributed by atoms with Gasteiger partial charge >= 0.3 is 0 Å². The third-order valence-corrected chi connectivity index (χ3v) is 7.14. The van der Waals surface area contributed by atoms with Gasteiger partial charge < -0.3 is 5.73 Å². The zero-order valence-corrected chi connectivity index (χ0v) is 17.2. The molecule has 2 aromatic rings. The van der Waals surface area contributed by atoms with E-state index in [-0.39, 0.29) is 5.03 Å². The van der Waals surface area contributed by atoms with Crippen LogP contribution in [0.3, 0.4) is 0 Å². The van der Waals surface area contributed by atoms with Crippen LogP contribution in [0.15, 0.2) is 23.4 Å². The van der Waals surface area contributed by atoms with Crippen molar-refractivity contribution in [3.63, 3.8) is 0 Å². The molecule has 2 aliphatic carbocycles. The van der Waals surface area contributed by atoms with Crippen molar-refractivity contribution in [1.82, 2.24) is 9.78 Å². The molecule has 1 atom stereocenters. The third-order valence-electron chi connectivity index (χ3n) is 6.34. The molecule has 0 radical (unpaired) electrons. The van der Waals surface area contributed by atoms with Crippen LogP contribution in [0.2, 0.25) is 0 Å². The fourth-order valence-corrected chi connectivity index (χ4v) is 5.42. The smallest absolute Gasteiger partial charge is 0.257 e. The van der Waals surface area contributed by atoms with Gasteiger partial charge in [0.25, 0.3) is 10.0 Å². The number of aryl methyl sites for hydroxylation is 3. The van der Waals surface area contributed by atoms with Gasteiger partial charge in [-0.05, 0) is 79.2 Å². The molecule has 7 heteroatoms. The van der Waals surface area contributed by atoms with Crippen LogP contribution in [0.1, 0.15) is 73.1 Å². The van der Waals surface area contributed by atoms with Gasteiger partial charge in [-0.15, -0.1) is 0 Å². The molecule has 1 aromatic carbocycles. The molecule has 152 valence electrons. The van der Waals surface area contributed by atoms with Gasteiger partial charge in [0.1, 0.15) is 0 Å². The molecule has 1 heterocycles. The van der Waals surface area contributed by atoms with Gasteiger partial charge in [0, 0.05) is 18.4 Å². The summed E-state index contributed by atoms with van der Waals surface area (Å²) in [7, 11) is -3.70. The lowest BCUT2D eigenvalue weighted by Gasteiger charge is -2.17.